The Hall–Kier alpha value is -1.55. The molecule has 0 aliphatic carbocycles. The number of carbonyl (C=O) groups is 1. The molecule has 0 aliphatic heterocycles. The molecule has 0 radical (unpaired) electrons. The Labute approximate surface area is 134 Å². The van der Waals surface area contributed by atoms with E-state index in [4.69, 9.17) is 10.5 Å². The molecular formula is C18H30N2O2. The molecule has 2 atom stereocenters. The molecule has 0 bridgehead atoms. The molecule has 22 heavy (non-hydrogen) atoms. The van der Waals surface area contributed by atoms with Crippen LogP contribution >= 0.6 is 0 Å². The summed E-state index contributed by atoms with van der Waals surface area (Å²) in [6.45, 7) is 8.00. The lowest BCUT2D eigenvalue weighted by atomic mass is 10.1. The topological polar surface area (TPSA) is 64.4 Å². The molecule has 1 aromatic rings. The van der Waals surface area contributed by atoms with Gasteiger partial charge in [0.05, 0.1) is 6.10 Å². The first kappa shape index (κ1) is 18.5. The molecule has 0 aliphatic rings. The van der Waals surface area contributed by atoms with Crippen molar-refractivity contribution in [3.63, 3.8) is 0 Å². The second-order valence-corrected chi connectivity index (χ2v) is 6.33. The number of rotatable bonds is 9. The molecule has 4 nitrogen and oxygen atoms in total. The molecule has 0 heterocycles. The first-order chi connectivity index (χ1) is 10.4. The van der Waals surface area contributed by atoms with Crippen molar-refractivity contribution in [3.8, 4) is 5.75 Å². The third-order valence-electron chi connectivity index (χ3n) is 3.40. The van der Waals surface area contributed by atoms with Gasteiger partial charge in [0, 0.05) is 18.5 Å². The maximum atomic E-state index is 11.7. The fraction of sp³-hybridized carbons (Fsp3) is 0.611. The monoisotopic (exact) mass is 306 g/mol. The summed E-state index contributed by atoms with van der Waals surface area (Å²) in [5.41, 5.74) is 6.92. The van der Waals surface area contributed by atoms with Crippen LogP contribution in [0.25, 0.3) is 0 Å². The Morgan fingerprint density at radius 1 is 1.14 bits per heavy atom. The van der Waals surface area contributed by atoms with Crippen LogP contribution in [-0.2, 0) is 11.2 Å². The average Bonchev–Trinajstić information content (AvgIpc) is 2.44. The molecular weight excluding hydrogens is 276 g/mol. The molecule has 124 valence electrons. The molecule has 0 aromatic heterocycles. The molecule has 2 unspecified atom stereocenters. The summed E-state index contributed by atoms with van der Waals surface area (Å²) in [4.78, 5) is 11.7. The minimum atomic E-state index is 0.0765. The van der Waals surface area contributed by atoms with Gasteiger partial charge in [-0.15, -0.1) is 0 Å². The van der Waals surface area contributed by atoms with Crippen molar-refractivity contribution in [1.29, 1.82) is 0 Å². The number of hydrogen-bond acceptors (Lipinski definition) is 3. The number of nitrogens with two attached hydrogens (primary N) is 1. The molecule has 0 fully saturated rings. The zero-order valence-corrected chi connectivity index (χ0v) is 14.3. The van der Waals surface area contributed by atoms with Crippen molar-refractivity contribution in [1.82, 2.24) is 5.32 Å². The van der Waals surface area contributed by atoms with E-state index in [-0.39, 0.29) is 24.1 Å². The summed E-state index contributed by atoms with van der Waals surface area (Å²) in [5, 5.41) is 3.02. The molecule has 1 aromatic carbocycles. The molecule has 1 rings (SSSR count). The van der Waals surface area contributed by atoms with Gasteiger partial charge in [0.15, 0.2) is 0 Å². The number of ether oxygens (including phenoxy) is 1. The largest absolute Gasteiger partial charge is 0.491 e. The van der Waals surface area contributed by atoms with Crippen LogP contribution in [0.3, 0.4) is 0 Å². The lowest BCUT2D eigenvalue weighted by molar-refractivity contribution is -0.121. The third kappa shape index (κ3) is 8.03. The molecule has 3 N–H and O–H groups in total. The molecule has 0 saturated heterocycles. The van der Waals surface area contributed by atoms with Crippen molar-refractivity contribution in [2.24, 2.45) is 5.73 Å². The lowest BCUT2D eigenvalue weighted by Crippen LogP contribution is -2.33. The molecule has 0 saturated carbocycles. The van der Waals surface area contributed by atoms with Crippen LogP contribution in [0.1, 0.15) is 52.5 Å². The van der Waals surface area contributed by atoms with E-state index in [9.17, 15) is 4.79 Å². The zero-order valence-electron chi connectivity index (χ0n) is 14.3. The van der Waals surface area contributed by atoms with Crippen LogP contribution in [0.15, 0.2) is 24.3 Å². The normalized spacial score (nSPS) is 13.7. The van der Waals surface area contributed by atoms with E-state index in [1.807, 2.05) is 39.8 Å². The summed E-state index contributed by atoms with van der Waals surface area (Å²) in [7, 11) is 0. The predicted molar refractivity (Wildman–Crippen MR) is 91.0 cm³/mol. The standard InChI is InChI=1S/C18H30N2O2/c1-13(2)22-17-10-8-16(9-11-17)7-6-15(4)20-18(21)12-5-14(3)19/h8-11,13-15H,5-7,12,19H2,1-4H3,(H,20,21). The highest BCUT2D eigenvalue weighted by atomic mass is 16.5. The Morgan fingerprint density at radius 2 is 1.77 bits per heavy atom. The first-order valence-electron chi connectivity index (χ1n) is 8.17. The summed E-state index contributed by atoms with van der Waals surface area (Å²) in [6, 6.07) is 8.42. The zero-order chi connectivity index (χ0) is 16.5. The van der Waals surface area contributed by atoms with Crippen molar-refractivity contribution >= 4 is 5.91 Å². The number of nitrogens with one attached hydrogen (secondary N) is 1. The number of aryl methyl sites for hydroxylation is 1. The quantitative estimate of drug-likeness (QED) is 0.737. The fourth-order valence-electron chi connectivity index (χ4n) is 2.17. The Bertz CT molecular complexity index is 441. The van der Waals surface area contributed by atoms with E-state index in [1.54, 1.807) is 0 Å². The number of benzene rings is 1. The SMILES string of the molecule is CC(N)CCC(=O)NC(C)CCc1ccc(OC(C)C)cc1. The van der Waals surface area contributed by atoms with Crippen molar-refractivity contribution in [3.05, 3.63) is 29.8 Å². The van der Waals surface area contributed by atoms with Gasteiger partial charge in [-0.05, 0) is 64.7 Å². The molecule has 4 heteroatoms. The van der Waals surface area contributed by atoms with Crippen molar-refractivity contribution in [2.45, 2.75) is 71.6 Å². The van der Waals surface area contributed by atoms with E-state index >= 15 is 0 Å². The highest BCUT2D eigenvalue weighted by molar-refractivity contribution is 5.76. The van der Waals surface area contributed by atoms with Gasteiger partial charge >= 0.3 is 0 Å². The Balaban J connectivity index is 2.31. The van der Waals surface area contributed by atoms with Gasteiger partial charge in [-0.2, -0.15) is 0 Å². The fourth-order valence-corrected chi connectivity index (χ4v) is 2.17. The lowest BCUT2D eigenvalue weighted by Gasteiger charge is -2.15. The van der Waals surface area contributed by atoms with Crippen LogP contribution in [-0.4, -0.2) is 24.1 Å². The van der Waals surface area contributed by atoms with E-state index in [1.165, 1.54) is 5.56 Å². The van der Waals surface area contributed by atoms with E-state index in [0.29, 0.717) is 6.42 Å². The van der Waals surface area contributed by atoms with Crippen LogP contribution in [0.5, 0.6) is 5.75 Å². The minimum absolute atomic E-state index is 0.0765. The molecule has 0 spiro atoms. The van der Waals surface area contributed by atoms with E-state index < -0.39 is 0 Å². The highest BCUT2D eigenvalue weighted by Gasteiger charge is 2.08. The van der Waals surface area contributed by atoms with Crippen molar-refractivity contribution in [2.75, 3.05) is 0 Å². The number of carbonyl (C=O) groups excluding carboxylic acids is 1. The van der Waals surface area contributed by atoms with E-state index in [0.717, 1.165) is 25.0 Å². The van der Waals surface area contributed by atoms with E-state index in [2.05, 4.69) is 17.4 Å². The highest BCUT2D eigenvalue weighted by Crippen LogP contribution is 2.15. The van der Waals surface area contributed by atoms with Crippen LogP contribution in [0.2, 0.25) is 0 Å². The maximum Gasteiger partial charge on any atom is 0.220 e. The van der Waals surface area contributed by atoms with Crippen LogP contribution in [0.4, 0.5) is 0 Å². The van der Waals surface area contributed by atoms with Crippen LogP contribution in [0, 0.1) is 0 Å². The van der Waals surface area contributed by atoms with Crippen LogP contribution < -0.4 is 15.8 Å². The van der Waals surface area contributed by atoms with Crippen molar-refractivity contribution < 1.29 is 9.53 Å². The summed E-state index contributed by atoms with van der Waals surface area (Å²) >= 11 is 0. The first-order valence-corrected chi connectivity index (χ1v) is 8.17. The van der Waals surface area contributed by atoms with Gasteiger partial charge in [0.2, 0.25) is 5.91 Å². The smallest absolute Gasteiger partial charge is 0.220 e. The third-order valence-corrected chi connectivity index (χ3v) is 3.40. The van der Waals surface area contributed by atoms with Gasteiger partial charge in [-0.1, -0.05) is 12.1 Å². The molecule has 1 amide bonds. The average molecular weight is 306 g/mol. The Kier molecular flexibility index (Phi) is 7.96. The van der Waals surface area contributed by atoms with Gasteiger partial charge < -0.3 is 15.8 Å². The summed E-state index contributed by atoms with van der Waals surface area (Å²) in [5.74, 6) is 0.987. The second-order valence-electron chi connectivity index (χ2n) is 6.33. The van der Waals surface area contributed by atoms with Gasteiger partial charge in [-0.3, -0.25) is 4.79 Å². The summed E-state index contributed by atoms with van der Waals surface area (Å²) in [6.07, 6.45) is 3.29. The number of hydrogen-bond donors (Lipinski definition) is 2. The minimum Gasteiger partial charge on any atom is -0.491 e. The maximum absolute atomic E-state index is 11.7. The summed E-state index contributed by atoms with van der Waals surface area (Å²) < 4.78 is 5.63. The Morgan fingerprint density at radius 3 is 2.32 bits per heavy atom. The van der Waals surface area contributed by atoms with Gasteiger partial charge in [0.1, 0.15) is 5.75 Å². The van der Waals surface area contributed by atoms with Gasteiger partial charge in [-0.25, -0.2) is 0 Å². The number of amides is 1. The second kappa shape index (κ2) is 9.46. The van der Waals surface area contributed by atoms with Gasteiger partial charge in [0.25, 0.3) is 0 Å². The predicted octanol–water partition coefficient (Wildman–Crippen LogP) is 3.04.